The second-order valence-electron chi connectivity index (χ2n) is 16.3. The molecule has 14 heteroatoms. The van der Waals surface area contributed by atoms with Gasteiger partial charge in [0, 0.05) is 31.7 Å². The molecule has 8 aromatic rings. The summed E-state index contributed by atoms with van der Waals surface area (Å²) >= 11 is 0. The van der Waals surface area contributed by atoms with Crippen LogP contribution in [-0.4, -0.2) is 80.9 Å². The molecule has 0 fully saturated rings. The Morgan fingerprint density at radius 3 is 1.11 bits per heavy atom. The topological polar surface area (TPSA) is 207 Å². The van der Waals surface area contributed by atoms with Gasteiger partial charge in [-0.3, -0.25) is 14.4 Å². The lowest BCUT2D eigenvalue weighted by Crippen LogP contribution is -2.45. The maximum atomic E-state index is 12.3. The van der Waals surface area contributed by atoms with Crippen LogP contribution in [0.15, 0.2) is 207 Å². The van der Waals surface area contributed by atoms with Gasteiger partial charge in [0.15, 0.2) is 0 Å². The van der Waals surface area contributed by atoms with Crippen molar-refractivity contribution in [1.29, 1.82) is 0 Å². The van der Waals surface area contributed by atoms with Gasteiger partial charge in [0.25, 0.3) is 0 Å². The molecule has 2 aromatic heterocycles. The molecule has 0 saturated carbocycles. The van der Waals surface area contributed by atoms with Gasteiger partial charge in [-0.15, -0.1) is 0 Å². The SMILES string of the molecule is CCC(=O)O.COC(=O)C(Cc1cn(C(c2ccccc2)(c2ccccc2)c2ccccc2)cn1)NC(=O)CN.COC(=O)C(N)Cc1cn(C(c2ccccc2)(c2ccccc2)c2ccccc2)cn1. The highest BCUT2D eigenvalue weighted by Crippen LogP contribution is 2.42. The molecule has 0 radical (unpaired) electrons. The number of carboxylic acids is 1. The highest BCUT2D eigenvalue weighted by atomic mass is 16.5. The zero-order chi connectivity index (χ0) is 50.6. The van der Waals surface area contributed by atoms with Gasteiger partial charge in [-0.25, -0.2) is 14.8 Å². The number of carbonyl (C=O) groups excluding carboxylic acids is 3. The molecule has 2 unspecified atom stereocenters. The maximum Gasteiger partial charge on any atom is 0.328 e. The standard InChI is InChI=1S/C28H28N4O3.C26H25N3O2.C3H6O2/c1-35-27(34)25(31-26(33)18-29)17-24-19-32(20-30-24)28(21-11-5-2-6-12-21,22-13-7-3-8-14-22)23-15-9-4-10-16-23;1-31-25(30)24(27)17-23-18-29(19-28-23)26(20-11-5-2-6-12-20,21-13-7-3-8-14-21)22-15-9-4-10-16-22;1-2-3(4)5/h2-16,19-20,25H,17-18,29H2,1H3,(H,31,33);2-16,18-19,24H,17,27H2,1H3;2H2,1H3,(H,4,5). The zero-order valence-electron chi connectivity index (χ0n) is 40.0. The Balaban J connectivity index is 0.000000213. The number of imidazole rings is 2. The normalized spacial score (nSPS) is 11.8. The Hall–Kier alpha value is -8.46. The van der Waals surface area contributed by atoms with E-state index in [4.69, 9.17) is 26.0 Å². The maximum absolute atomic E-state index is 12.3. The fraction of sp³-hybridized carbons (Fsp3) is 0.193. The second kappa shape index (κ2) is 25.2. The van der Waals surface area contributed by atoms with Gasteiger partial charge in [-0.2, -0.15) is 0 Å². The third-order valence-corrected chi connectivity index (χ3v) is 11.9. The zero-order valence-corrected chi connectivity index (χ0v) is 40.0. The Kier molecular flexibility index (Phi) is 18.5. The van der Waals surface area contributed by atoms with Crippen molar-refractivity contribution < 1.29 is 33.8 Å². The number of amides is 1. The molecule has 0 aliphatic rings. The Bertz CT molecular complexity index is 2700. The molecule has 0 saturated heterocycles. The first-order valence-corrected chi connectivity index (χ1v) is 23.0. The third kappa shape index (κ3) is 12.2. The monoisotopic (exact) mass is 953 g/mol. The van der Waals surface area contributed by atoms with Crippen molar-refractivity contribution in [1.82, 2.24) is 24.4 Å². The number of nitrogens with zero attached hydrogens (tertiary/aromatic N) is 4. The van der Waals surface area contributed by atoms with Gasteiger partial charge in [-0.1, -0.05) is 189 Å². The summed E-state index contributed by atoms with van der Waals surface area (Å²) in [6.07, 6.45) is 8.15. The van der Waals surface area contributed by atoms with Gasteiger partial charge >= 0.3 is 17.9 Å². The smallest absolute Gasteiger partial charge is 0.328 e. The number of nitrogens with two attached hydrogens (primary N) is 2. The molecule has 364 valence electrons. The summed E-state index contributed by atoms with van der Waals surface area (Å²) in [5.41, 5.74) is 17.9. The Morgan fingerprint density at radius 2 is 0.845 bits per heavy atom. The summed E-state index contributed by atoms with van der Waals surface area (Å²) in [7, 11) is 2.62. The molecule has 2 atom stereocenters. The molecule has 1 amide bonds. The number of aromatic nitrogens is 4. The van der Waals surface area contributed by atoms with E-state index in [9.17, 15) is 19.2 Å². The summed E-state index contributed by atoms with van der Waals surface area (Å²) in [6, 6.07) is 60.0. The largest absolute Gasteiger partial charge is 0.481 e. The van der Waals surface area contributed by atoms with Gasteiger partial charge < -0.3 is 40.5 Å². The fourth-order valence-corrected chi connectivity index (χ4v) is 8.53. The lowest BCUT2D eigenvalue weighted by Gasteiger charge is -2.37. The first-order valence-electron chi connectivity index (χ1n) is 23.0. The molecule has 2 heterocycles. The van der Waals surface area contributed by atoms with Crippen LogP contribution in [0.25, 0.3) is 0 Å². The third-order valence-electron chi connectivity index (χ3n) is 11.9. The van der Waals surface area contributed by atoms with E-state index < -0.39 is 47.0 Å². The highest BCUT2D eigenvalue weighted by molar-refractivity contribution is 5.85. The number of carbonyl (C=O) groups is 4. The molecule has 0 bridgehead atoms. The number of hydrogen-bond donors (Lipinski definition) is 4. The fourth-order valence-electron chi connectivity index (χ4n) is 8.53. The van der Waals surface area contributed by atoms with Crippen LogP contribution in [0.1, 0.15) is 58.1 Å². The predicted molar refractivity (Wildman–Crippen MR) is 272 cm³/mol. The molecule has 6 N–H and O–H groups in total. The summed E-state index contributed by atoms with van der Waals surface area (Å²) < 4.78 is 13.8. The lowest BCUT2D eigenvalue weighted by molar-refractivity contribution is -0.145. The summed E-state index contributed by atoms with van der Waals surface area (Å²) in [5.74, 6) is -2.19. The van der Waals surface area contributed by atoms with E-state index in [1.54, 1.807) is 13.3 Å². The molecule has 0 spiro atoms. The van der Waals surface area contributed by atoms with Crippen LogP contribution in [-0.2, 0) is 52.6 Å². The van der Waals surface area contributed by atoms with Crippen molar-refractivity contribution in [3.63, 3.8) is 0 Å². The molecular formula is C57H59N7O7. The lowest BCUT2D eigenvalue weighted by atomic mass is 9.77. The van der Waals surface area contributed by atoms with Crippen LogP contribution in [0, 0.1) is 0 Å². The minimum absolute atomic E-state index is 0.167. The number of ether oxygens (including phenoxy) is 2. The number of carboxylic acid groups (broad SMARTS) is 1. The van der Waals surface area contributed by atoms with Gasteiger partial charge in [-0.05, 0) is 33.4 Å². The van der Waals surface area contributed by atoms with Gasteiger partial charge in [0.1, 0.15) is 23.2 Å². The van der Waals surface area contributed by atoms with Crippen LogP contribution < -0.4 is 16.8 Å². The number of esters is 2. The average Bonchev–Trinajstić information content (AvgIpc) is 4.11. The summed E-state index contributed by atoms with van der Waals surface area (Å²) in [5, 5.41) is 10.3. The van der Waals surface area contributed by atoms with Crippen molar-refractivity contribution in [2.75, 3.05) is 20.8 Å². The van der Waals surface area contributed by atoms with Crippen LogP contribution in [0.2, 0.25) is 0 Å². The molecule has 71 heavy (non-hydrogen) atoms. The molecule has 0 aliphatic heterocycles. The molecular weight excluding hydrogens is 895 g/mol. The molecule has 8 rings (SSSR count). The number of aliphatic carboxylic acids is 1. The minimum atomic E-state index is -0.890. The van der Waals surface area contributed by atoms with E-state index in [-0.39, 0.29) is 19.4 Å². The van der Waals surface area contributed by atoms with Crippen LogP contribution >= 0.6 is 0 Å². The average molecular weight is 954 g/mol. The highest BCUT2D eigenvalue weighted by Gasteiger charge is 2.40. The first-order chi connectivity index (χ1) is 34.5. The second-order valence-corrected chi connectivity index (χ2v) is 16.3. The van der Waals surface area contributed by atoms with Crippen molar-refractivity contribution in [2.45, 2.75) is 49.3 Å². The predicted octanol–water partition coefficient (Wildman–Crippen LogP) is 7.13. The van der Waals surface area contributed by atoms with Crippen LogP contribution in [0.3, 0.4) is 0 Å². The summed E-state index contributed by atoms with van der Waals surface area (Å²) in [4.78, 5) is 54.6. The van der Waals surface area contributed by atoms with Gasteiger partial charge in [0.2, 0.25) is 5.91 Å². The quantitative estimate of drug-likeness (QED) is 0.0534. The van der Waals surface area contributed by atoms with E-state index in [2.05, 4.69) is 97.2 Å². The number of hydrogen-bond acceptors (Lipinski definition) is 10. The minimum Gasteiger partial charge on any atom is -0.481 e. The van der Waals surface area contributed by atoms with Crippen LogP contribution in [0.5, 0.6) is 0 Å². The van der Waals surface area contributed by atoms with Crippen molar-refractivity contribution in [3.05, 3.63) is 252 Å². The van der Waals surface area contributed by atoms with E-state index in [0.29, 0.717) is 12.1 Å². The van der Waals surface area contributed by atoms with E-state index >= 15 is 0 Å². The van der Waals surface area contributed by atoms with Gasteiger partial charge in [0.05, 0.1) is 44.8 Å². The van der Waals surface area contributed by atoms with Crippen molar-refractivity contribution in [3.8, 4) is 0 Å². The number of methoxy groups -OCH3 is 2. The molecule has 0 aliphatic carbocycles. The number of nitrogens with one attached hydrogen (secondary N) is 1. The first kappa shape index (κ1) is 51.9. The number of rotatable bonds is 17. The molecule has 6 aromatic carbocycles. The van der Waals surface area contributed by atoms with Crippen molar-refractivity contribution in [2.24, 2.45) is 11.5 Å². The number of benzene rings is 6. The van der Waals surface area contributed by atoms with Crippen LogP contribution in [0.4, 0.5) is 0 Å². The summed E-state index contributed by atoms with van der Waals surface area (Å²) in [6.45, 7) is 1.38. The van der Waals surface area contributed by atoms with E-state index in [1.165, 1.54) is 14.2 Å². The van der Waals surface area contributed by atoms with E-state index in [1.807, 2.05) is 128 Å². The Morgan fingerprint density at radius 1 is 0.549 bits per heavy atom. The van der Waals surface area contributed by atoms with E-state index in [0.717, 1.165) is 39.1 Å². The van der Waals surface area contributed by atoms with Crippen molar-refractivity contribution >= 4 is 23.8 Å². The molecule has 14 nitrogen and oxygen atoms in total. The Labute approximate surface area is 413 Å².